The van der Waals surface area contributed by atoms with Crippen molar-refractivity contribution in [2.45, 2.75) is 57.7 Å². The van der Waals surface area contributed by atoms with Crippen LogP contribution in [-0.2, 0) is 29.0 Å². The van der Waals surface area contributed by atoms with Crippen molar-refractivity contribution < 1.29 is 24.9 Å². The number of unbranched alkanes of at least 4 members (excludes halogenated alkanes) is 3. The zero-order valence-electron chi connectivity index (χ0n) is 19.3. The maximum atomic E-state index is 10.9. The van der Waals surface area contributed by atoms with E-state index in [4.69, 9.17) is 10.5 Å². The Bertz CT molecular complexity index is 826. The lowest BCUT2D eigenvalue weighted by molar-refractivity contribution is -0.117. The number of hydrogen-bond donors (Lipinski definition) is 5. The quantitative estimate of drug-likeness (QED) is 0.232. The Morgan fingerprint density at radius 3 is 2.39 bits per heavy atom. The molecule has 0 heterocycles. The fraction of sp³-hybridized carbons (Fsp3) is 0.500. The molecule has 0 saturated carbocycles. The Hall–Kier alpha value is -2.45. The second-order valence-electron chi connectivity index (χ2n) is 8.36. The fourth-order valence-electron chi connectivity index (χ4n) is 3.61. The molecular weight excluding hydrogens is 420 g/mol. The molecule has 0 fully saturated rings. The molecule has 2 rings (SSSR count). The molecule has 7 nitrogen and oxygen atoms in total. The number of amides is 1. The standard InChI is InChI=1S/C26H38N2O5/c27-26(32)16-21-9-7-20(8-10-21)6-5-15-33-14-4-2-1-3-13-28-18-25(31)22-11-12-24(30)23(17-22)19-29/h7-12,17,25,28-31H,1-6,13-16,18-19H2,(H2,27,32). The van der Waals surface area contributed by atoms with Crippen molar-refractivity contribution in [2.24, 2.45) is 5.73 Å². The molecule has 0 radical (unpaired) electrons. The molecule has 2 aromatic rings. The molecule has 0 aliphatic rings. The number of carbonyl (C=O) groups excluding carboxylic acids is 1. The number of nitrogens with one attached hydrogen (secondary N) is 1. The zero-order valence-corrected chi connectivity index (χ0v) is 19.3. The lowest BCUT2D eigenvalue weighted by atomic mass is 10.1. The van der Waals surface area contributed by atoms with Crippen molar-refractivity contribution in [3.05, 3.63) is 64.7 Å². The van der Waals surface area contributed by atoms with Gasteiger partial charge in [-0.3, -0.25) is 4.79 Å². The summed E-state index contributed by atoms with van der Waals surface area (Å²) in [5.74, 6) is -0.270. The summed E-state index contributed by atoms with van der Waals surface area (Å²) in [7, 11) is 0. The molecule has 1 unspecified atom stereocenters. The van der Waals surface area contributed by atoms with Crippen molar-refractivity contribution in [1.29, 1.82) is 0 Å². The van der Waals surface area contributed by atoms with E-state index in [0.717, 1.165) is 63.8 Å². The van der Waals surface area contributed by atoms with E-state index in [0.29, 0.717) is 17.7 Å². The van der Waals surface area contributed by atoms with Gasteiger partial charge < -0.3 is 31.1 Å². The average Bonchev–Trinajstić information content (AvgIpc) is 2.80. The van der Waals surface area contributed by atoms with Crippen LogP contribution in [0.4, 0.5) is 0 Å². The van der Waals surface area contributed by atoms with Gasteiger partial charge in [0.2, 0.25) is 5.91 Å². The number of carbonyl (C=O) groups is 1. The van der Waals surface area contributed by atoms with Crippen molar-refractivity contribution >= 4 is 5.91 Å². The Balaban J connectivity index is 1.42. The van der Waals surface area contributed by atoms with Crippen molar-refractivity contribution in [3.8, 4) is 5.75 Å². The van der Waals surface area contributed by atoms with E-state index in [1.807, 2.05) is 24.3 Å². The highest BCUT2D eigenvalue weighted by Crippen LogP contribution is 2.22. The SMILES string of the molecule is NC(=O)Cc1ccc(CCCOCCCCCCNCC(O)c2ccc(O)c(CO)c2)cc1. The molecular formula is C26H38N2O5. The number of aliphatic hydroxyl groups is 2. The van der Waals surface area contributed by atoms with Crippen LogP contribution in [0.15, 0.2) is 42.5 Å². The second kappa shape index (κ2) is 15.4. The molecule has 0 saturated heterocycles. The number of ether oxygens (including phenoxy) is 1. The van der Waals surface area contributed by atoms with Gasteiger partial charge in [0.1, 0.15) is 5.75 Å². The number of nitrogens with two attached hydrogens (primary N) is 1. The highest BCUT2D eigenvalue weighted by molar-refractivity contribution is 5.76. The molecule has 0 aliphatic heterocycles. The molecule has 0 aromatic heterocycles. The van der Waals surface area contributed by atoms with Crippen LogP contribution in [0.2, 0.25) is 0 Å². The van der Waals surface area contributed by atoms with Crippen molar-refractivity contribution in [2.75, 3.05) is 26.3 Å². The predicted molar refractivity (Wildman–Crippen MR) is 129 cm³/mol. The number of hydrogen-bond acceptors (Lipinski definition) is 6. The summed E-state index contributed by atoms with van der Waals surface area (Å²) in [5.41, 5.74) is 8.49. The van der Waals surface area contributed by atoms with Crippen LogP contribution in [-0.4, -0.2) is 47.5 Å². The number of aromatic hydroxyl groups is 1. The van der Waals surface area contributed by atoms with E-state index in [1.165, 1.54) is 11.6 Å². The van der Waals surface area contributed by atoms with Gasteiger partial charge in [-0.2, -0.15) is 0 Å². The topological polar surface area (TPSA) is 125 Å². The molecule has 0 bridgehead atoms. The van der Waals surface area contributed by atoms with Gasteiger partial charge in [0, 0.05) is 25.3 Å². The van der Waals surface area contributed by atoms with Gasteiger partial charge in [-0.15, -0.1) is 0 Å². The lowest BCUT2D eigenvalue weighted by Crippen LogP contribution is -2.22. The smallest absolute Gasteiger partial charge is 0.221 e. The van der Waals surface area contributed by atoms with Crippen molar-refractivity contribution in [1.82, 2.24) is 5.32 Å². The van der Waals surface area contributed by atoms with Gasteiger partial charge in [-0.05, 0) is 61.1 Å². The van der Waals surface area contributed by atoms with Crippen LogP contribution < -0.4 is 11.1 Å². The number of aliphatic hydroxyl groups excluding tert-OH is 2. The minimum absolute atomic E-state index is 0.0402. The summed E-state index contributed by atoms with van der Waals surface area (Å²) < 4.78 is 5.72. The van der Waals surface area contributed by atoms with Crippen LogP contribution in [0.1, 0.15) is 60.5 Å². The second-order valence-corrected chi connectivity index (χ2v) is 8.36. The first-order chi connectivity index (χ1) is 16.0. The molecule has 7 heteroatoms. The van der Waals surface area contributed by atoms with Gasteiger partial charge in [0.05, 0.1) is 19.1 Å². The summed E-state index contributed by atoms with van der Waals surface area (Å²) in [5, 5.41) is 32.3. The summed E-state index contributed by atoms with van der Waals surface area (Å²) in [6.07, 6.45) is 5.85. The first kappa shape index (κ1) is 26.8. The van der Waals surface area contributed by atoms with Crippen LogP contribution in [0.5, 0.6) is 5.75 Å². The first-order valence-electron chi connectivity index (χ1n) is 11.7. The third kappa shape index (κ3) is 10.8. The van der Waals surface area contributed by atoms with Crippen LogP contribution >= 0.6 is 0 Å². The number of rotatable bonds is 17. The molecule has 1 atom stereocenters. The monoisotopic (exact) mass is 458 g/mol. The van der Waals surface area contributed by atoms with E-state index in [9.17, 15) is 20.1 Å². The fourth-order valence-corrected chi connectivity index (χ4v) is 3.61. The first-order valence-corrected chi connectivity index (χ1v) is 11.7. The predicted octanol–water partition coefficient (Wildman–Crippen LogP) is 2.75. The molecule has 2 aromatic carbocycles. The third-order valence-corrected chi connectivity index (χ3v) is 5.54. The minimum atomic E-state index is -0.669. The Morgan fingerprint density at radius 2 is 1.67 bits per heavy atom. The maximum Gasteiger partial charge on any atom is 0.221 e. The van der Waals surface area contributed by atoms with Crippen LogP contribution in [0, 0.1) is 0 Å². The molecule has 0 spiro atoms. The largest absolute Gasteiger partial charge is 0.508 e. The van der Waals surface area contributed by atoms with Gasteiger partial charge in [0.25, 0.3) is 0 Å². The van der Waals surface area contributed by atoms with E-state index in [2.05, 4.69) is 5.32 Å². The van der Waals surface area contributed by atoms with E-state index >= 15 is 0 Å². The number of primary amides is 1. The Labute approximate surface area is 196 Å². The van der Waals surface area contributed by atoms with Crippen LogP contribution in [0.25, 0.3) is 0 Å². The molecule has 0 aliphatic carbocycles. The number of benzene rings is 2. The number of aryl methyl sites for hydroxylation is 1. The molecule has 1 amide bonds. The zero-order chi connectivity index (χ0) is 23.9. The van der Waals surface area contributed by atoms with Gasteiger partial charge >= 0.3 is 0 Å². The minimum Gasteiger partial charge on any atom is -0.508 e. The normalized spacial score (nSPS) is 12.1. The summed E-state index contributed by atoms with van der Waals surface area (Å²) in [4.78, 5) is 10.9. The van der Waals surface area contributed by atoms with Crippen LogP contribution in [0.3, 0.4) is 0 Å². The molecule has 33 heavy (non-hydrogen) atoms. The number of phenols is 1. The van der Waals surface area contributed by atoms with Gasteiger partial charge in [0.15, 0.2) is 0 Å². The highest BCUT2D eigenvalue weighted by Gasteiger charge is 2.09. The summed E-state index contributed by atoms with van der Waals surface area (Å²) >= 11 is 0. The summed E-state index contributed by atoms with van der Waals surface area (Å²) in [6.45, 7) is 2.54. The lowest BCUT2D eigenvalue weighted by Gasteiger charge is -2.14. The highest BCUT2D eigenvalue weighted by atomic mass is 16.5. The molecule has 6 N–H and O–H groups in total. The van der Waals surface area contributed by atoms with Gasteiger partial charge in [-0.25, -0.2) is 0 Å². The van der Waals surface area contributed by atoms with E-state index in [-0.39, 0.29) is 24.7 Å². The maximum absolute atomic E-state index is 10.9. The van der Waals surface area contributed by atoms with Gasteiger partial charge in [-0.1, -0.05) is 43.2 Å². The Kier molecular flexibility index (Phi) is 12.5. The van der Waals surface area contributed by atoms with E-state index in [1.54, 1.807) is 12.1 Å². The average molecular weight is 459 g/mol. The van der Waals surface area contributed by atoms with Crippen molar-refractivity contribution in [3.63, 3.8) is 0 Å². The summed E-state index contributed by atoms with van der Waals surface area (Å²) in [6, 6.07) is 12.8. The molecule has 182 valence electrons. The third-order valence-electron chi connectivity index (χ3n) is 5.54. The Morgan fingerprint density at radius 1 is 0.970 bits per heavy atom. The van der Waals surface area contributed by atoms with E-state index < -0.39 is 6.10 Å².